The van der Waals surface area contributed by atoms with Crippen LogP contribution >= 0.6 is 11.6 Å². The lowest BCUT2D eigenvalue weighted by Crippen LogP contribution is -2.30. The molecule has 122 valence electrons. The zero-order valence-electron chi connectivity index (χ0n) is 13.3. The van der Waals surface area contributed by atoms with Crippen molar-refractivity contribution in [3.8, 4) is 0 Å². The summed E-state index contributed by atoms with van der Waals surface area (Å²) in [6, 6.07) is 11.2. The second-order valence-corrected chi connectivity index (χ2v) is 6.72. The van der Waals surface area contributed by atoms with E-state index >= 15 is 0 Å². The fourth-order valence-corrected chi connectivity index (χ4v) is 3.33. The summed E-state index contributed by atoms with van der Waals surface area (Å²) >= 11 is 5.99. The van der Waals surface area contributed by atoms with Crippen LogP contribution in [0.15, 0.2) is 47.1 Å². The Balaban J connectivity index is 1.74. The molecule has 1 amide bonds. The average molecular weight is 332 g/mol. The van der Waals surface area contributed by atoms with E-state index in [-0.39, 0.29) is 11.9 Å². The number of hydrogen-bond acceptors (Lipinski definition) is 2. The molecule has 2 aromatic rings. The fourth-order valence-electron chi connectivity index (χ4n) is 3.21. The van der Waals surface area contributed by atoms with Crippen molar-refractivity contribution >= 4 is 17.5 Å². The summed E-state index contributed by atoms with van der Waals surface area (Å²) in [6.45, 7) is 2.22. The SMILES string of the molecule is CCCC[C@@H]1C[C@H]1[C@@H](NC(=O)c1ccco1)c1ccc(Cl)cc1. The number of amides is 1. The molecule has 1 fully saturated rings. The van der Waals surface area contributed by atoms with E-state index in [1.165, 1.54) is 31.9 Å². The lowest BCUT2D eigenvalue weighted by Gasteiger charge is -2.19. The predicted molar refractivity (Wildman–Crippen MR) is 91.5 cm³/mol. The van der Waals surface area contributed by atoms with Gasteiger partial charge in [0, 0.05) is 5.02 Å². The standard InChI is InChI=1S/C19H22ClNO2/c1-2-3-5-14-12-16(14)18(13-7-9-15(20)10-8-13)21-19(22)17-6-4-11-23-17/h4,6-11,14,16,18H,2-3,5,12H2,1H3,(H,21,22)/t14-,16-,18+/m1/s1. The summed E-state index contributed by atoms with van der Waals surface area (Å²) in [6.07, 6.45) is 6.40. The number of benzene rings is 1. The van der Waals surface area contributed by atoms with Gasteiger partial charge in [0.2, 0.25) is 0 Å². The first-order chi connectivity index (χ1) is 11.2. The molecular weight excluding hydrogens is 310 g/mol. The van der Waals surface area contributed by atoms with Crippen LogP contribution in [0.25, 0.3) is 0 Å². The maximum absolute atomic E-state index is 12.4. The normalized spacial score (nSPS) is 21.0. The molecule has 0 saturated heterocycles. The first-order valence-corrected chi connectivity index (χ1v) is 8.66. The van der Waals surface area contributed by atoms with Crippen LogP contribution in [0, 0.1) is 11.8 Å². The Labute approximate surface area is 142 Å². The third-order valence-corrected chi connectivity index (χ3v) is 4.85. The first-order valence-electron chi connectivity index (χ1n) is 8.29. The van der Waals surface area contributed by atoms with Gasteiger partial charge in [-0.1, -0.05) is 49.9 Å². The molecule has 1 aromatic heterocycles. The second-order valence-electron chi connectivity index (χ2n) is 6.28. The van der Waals surface area contributed by atoms with Gasteiger partial charge in [0.15, 0.2) is 5.76 Å². The van der Waals surface area contributed by atoms with Gasteiger partial charge in [-0.3, -0.25) is 4.79 Å². The topological polar surface area (TPSA) is 42.2 Å². The summed E-state index contributed by atoms with van der Waals surface area (Å²) in [4.78, 5) is 12.4. The summed E-state index contributed by atoms with van der Waals surface area (Å²) < 4.78 is 5.21. The number of hydrogen-bond donors (Lipinski definition) is 1. The lowest BCUT2D eigenvalue weighted by molar-refractivity contribution is 0.0902. The number of carbonyl (C=O) groups is 1. The Hall–Kier alpha value is -1.74. The van der Waals surface area contributed by atoms with Gasteiger partial charge in [0.25, 0.3) is 5.91 Å². The Morgan fingerprint density at radius 1 is 1.35 bits per heavy atom. The zero-order chi connectivity index (χ0) is 16.2. The smallest absolute Gasteiger partial charge is 0.287 e. The van der Waals surface area contributed by atoms with E-state index in [2.05, 4.69) is 12.2 Å². The number of rotatable bonds is 7. The van der Waals surface area contributed by atoms with Crippen LogP contribution in [0.5, 0.6) is 0 Å². The van der Waals surface area contributed by atoms with E-state index in [0.29, 0.717) is 22.6 Å². The van der Waals surface area contributed by atoms with E-state index in [9.17, 15) is 4.79 Å². The maximum Gasteiger partial charge on any atom is 0.287 e. The highest BCUT2D eigenvalue weighted by Crippen LogP contribution is 2.50. The van der Waals surface area contributed by atoms with Crippen molar-refractivity contribution in [2.45, 2.75) is 38.6 Å². The zero-order valence-corrected chi connectivity index (χ0v) is 14.1. The van der Waals surface area contributed by atoms with Crippen molar-refractivity contribution in [3.05, 3.63) is 59.0 Å². The number of furan rings is 1. The fraction of sp³-hybridized carbons (Fsp3) is 0.421. The van der Waals surface area contributed by atoms with Crippen molar-refractivity contribution in [2.75, 3.05) is 0 Å². The van der Waals surface area contributed by atoms with Crippen molar-refractivity contribution in [1.82, 2.24) is 5.32 Å². The molecule has 3 nitrogen and oxygen atoms in total. The highest BCUT2D eigenvalue weighted by molar-refractivity contribution is 6.30. The molecule has 1 aliphatic carbocycles. The van der Waals surface area contributed by atoms with Crippen LogP contribution in [-0.2, 0) is 0 Å². The van der Waals surface area contributed by atoms with Crippen LogP contribution in [0.3, 0.4) is 0 Å². The van der Waals surface area contributed by atoms with Crippen molar-refractivity contribution < 1.29 is 9.21 Å². The molecule has 3 rings (SSSR count). The van der Waals surface area contributed by atoms with Crippen LogP contribution in [0.1, 0.15) is 54.8 Å². The Bertz CT molecular complexity index is 636. The third-order valence-electron chi connectivity index (χ3n) is 4.59. The van der Waals surface area contributed by atoms with Crippen LogP contribution in [-0.4, -0.2) is 5.91 Å². The van der Waals surface area contributed by atoms with Gasteiger partial charge in [-0.05, 0) is 48.1 Å². The van der Waals surface area contributed by atoms with Crippen LogP contribution in [0.4, 0.5) is 0 Å². The summed E-state index contributed by atoms with van der Waals surface area (Å²) in [5.41, 5.74) is 1.11. The third kappa shape index (κ3) is 3.97. The van der Waals surface area contributed by atoms with Gasteiger partial charge >= 0.3 is 0 Å². The molecule has 1 aliphatic rings. The predicted octanol–water partition coefficient (Wildman–Crippen LogP) is 5.23. The van der Waals surface area contributed by atoms with Gasteiger partial charge in [0.05, 0.1) is 12.3 Å². The van der Waals surface area contributed by atoms with Crippen LogP contribution < -0.4 is 5.32 Å². The van der Waals surface area contributed by atoms with E-state index in [1.807, 2.05) is 24.3 Å². The summed E-state index contributed by atoms with van der Waals surface area (Å²) in [5, 5.41) is 3.86. The molecule has 0 spiro atoms. The molecule has 3 atom stereocenters. The van der Waals surface area contributed by atoms with Crippen molar-refractivity contribution in [3.63, 3.8) is 0 Å². The lowest BCUT2D eigenvalue weighted by atomic mass is 9.99. The Morgan fingerprint density at radius 2 is 2.13 bits per heavy atom. The monoisotopic (exact) mass is 331 g/mol. The molecule has 1 N–H and O–H groups in total. The molecule has 0 aliphatic heterocycles. The quantitative estimate of drug-likeness (QED) is 0.754. The molecule has 23 heavy (non-hydrogen) atoms. The summed E-state index contributed by atoms with van der Waals surface area (Å²) in [5.74, 6) is 1.40. The Morgan fingerprint density at radius 3 is 2.78 bits per heavy atom. The summed E-state index contributed by atoms with van der Waals surface area (Å²) in [7, 11) is 0. The highest BCUT2D eigenvalue weighted by Gasteiger charge is 2.43. The minimum atomic E-state index is -0.156. The van der Waals surface area contributed by atoms with Crippen LogP contribution in [0.2, 0.25) is 5.02 Å². The number of halogens is 1. The molecule has 0 radical (unpaired) electrons. The van der Waals surface area contributed by atoms with Crippen molar-refractivity contribution in [2.24, 2.45) is 11.8 Å². The van der Waals surface area contributed by atoms with Gasteiger partial charge < -0.3 is 9.73 Å². The largest absolute Gasteiger partial charge is 0.459 e. The molecular formula is C19H22ClNO2. The Kier molecular flexibility index (Phi) is 5.06. The highest BCUT2D eigenvalue weighted by atomic mass is 35.5. The van der Waals surface area contributed by atoms with Crippen molar-refractivity contribution in [1.29, 1.82) is 0 Å². The van der Waals surface area contributed by atoms with Gasteiger partial charge in [-0.2, -0.15) is 0 Å². The minimum absolute atomic E-state index is 0.0201. The van der Waals surface area contributed by atoms with E-state index in [4.69, 9.17) is 16.0 Å². The molecule has 1 saturated carbocycles. The molecule has 0 unspecified atom stereocenters. The average Bonchev–Trinajstić information content (AvgIpc) is 3.09. The molecule has 0 bridgehead atoms. The van der Waals surface area contributed by atoms with E-state index in [1.54, 1.807) is 12.1 Å². The maximum atomic E-state index is 12.4. The molecule has 1 heterocycles. The number of carbonyl (C=O) groups excluding carboxylic acids is 1. The number of nitrogens with one attached hydrogen (secondary N) is 1. The number of unbranched alkanes of at least 4 members (excludes halogenated alkanes) is 1. The van der Waals surface area contributed by atoms with Gasteiger partial charge in [-0.25, -0.2) is 0 Å². The van der Waals surface area contributed by atoms with E-state index < -0.39 is 0 Å². The molecule has 1 aromatic carbocycles. The van der Waals surface area contributed by atoms with Gasteiger partial charge in [0.1, 0.15) is 0 Å². The molecule has 4 heteroatoms. The van der Waals surface area contributed by atoms with Gasteiger partial charge in [-0.15, -0.1) is 0 Å². The first kappa shape index (κ1) is 16.1. The minimum Gasteiger partial charge on any atom is -0.459 e. The second kappa shape index (κ2) is 7.22. The van der Waals surface area contributed by atoms with E-state index in [0.717, 1.165) is 5.56 Å².